The minimum absolute atomic E-state index is 0.00111. The van der Waals surface area contributed by atoms with Crippen molar-refractivity contribution in [2.75, 3.05) is 38.2 Å². The number of fused-ring (bicyclic) bond motifs is 1. The molecule has 1 atom stereocenters. The maximum atomic E-state index is 15.1. The Kier molecular flexibility index (Phi) is 9.76. The number of aliphatic imine (C=N–C) groups is 2. The molecular weight excluding hydrogens is 512 g/mol. The van der Waals surface area contributed by atoms with Gasteiger partial charge in [-0.3, -0.25) is 9.98 Å². The van der Waals surface area contributed by atoms with Gasteiger partial charge in [-0.05, 0) is 89.6 Å². The van der Waals surface area contributed by atoms with E-state index in [0.29, 0.717) is 23.1 Å². The number of piperidine rings is 1. The van der Waals surface area contributed by atoms with Crippen LogP contribution in [0.3, 0.4) is 0 Å². The van der Waals surface area contributed by atoms with Crippen molar-refractivity contribution in [3.05, 3.63) is 65.3 Å². The van der Waals surface area contributed by atoms with Crippen LogP contribution in [0.4, 0.5) is 14.6 Å². The molecule has 1 aromatic carbocycles. The molecule has 214 valence electrons. The molecule has 40 heavy (non-hydrogen) atoms. The number of anilines is 1. The van der Waals surface area contributed by atoms with Crippen molar-refractivity contribution in [1.29, 1.82) is 0 Å². The number of nitrogens with one attached hydrogen (secondary N) is 1. The van der Waals surface area contributed by atoms with Gasteiger partial charge in [0.05, 0.1) is 18.3 Å². The summed E-state index contributed by atoms with van der Waals surface area (Å²) in [7, 11) is 0. The summed E-state index contributed by atoms with van der Waals surface area (Å²) in [6.07, 6.45) is 4.85. The van der Waals surface area contributed by atoms with Gasteiger partial charge in [0.25, 0.3) is 0 Å². The normalized spacial score (nSPS) is 16.6. The molecule has 1 fully saturated rings. The van der Waals surface area contributed by atoms with Crippen molar-refractivity contribution in [1.82, 2.24) is 19.4 Å². The number of aliphatic hydroxyl groups is 1. The summed E-state index contributed by atoms with van der Waals surface area (Å²) in [5.74, 6) is 0.420. The quantitative estimate of drug-likeness (QED) is 0.301. The van der Waals surface area contributed by atoms with Crippen LogP contribution in [0, 0.1) is 18.7 Å². The third-order valence-electron chi connectivity index (χ3n) is 7.70. The molecule has 1 saturated heterocycles. The van der Waals surface area contributed by atoms with Gasteiger partial charge >= 0.3 is 0 Å². The molecule has 2 N–H and O–H groups in total. The second-order valence-corrected chi connectivity index (χ2v) is 10.5. The zero-order chi connectivity index (χ0) is 28.8. The topological polar surface area (TPSA) is 90.9 Å². The zero-order valence-electron chi connectivity index (χ0n) is 23.7. The first-order chi connectivity index (χ1) is 19.3. The van der Waals surface area contributed by atoms with Crippen LogP contribution in [0.25, 0.3) is 11.0 Å². The SMILES string of the molecule is C=N/C=C(F)\C(=N/CNc1ccc(C(CO)C2CCN(CC)CC2)cn1)c1cc(F)c2nc(C)n(C(C)C)c2c1. The first kappa shape index (κ1) is 29.5. The highest BCUT2D eigenvalue weighted by Crippen LogP contribution is 2.32. The molecule has 10 heteroatoms. The highest BCUT2D eigenvalue weighted by Gasteiger charge is 2.27. The predicted molar refractivity (Wildman–Crippen MR) is 157 cm³/mol. The van der Waals surface area contributed by atoms with Gasteiger partial charge in [0.1, 0.15) is 29.5 Å². The zero-order valence-corrected chi connectivity index (χ0v) is 23.7. The molecule has 8 nitrogen and oxygen atoms in total. The number of pyridine rings is 1. The summed E-state index contributed by atoms with van der Waals surface area (Å²) in [6, 6.07) is 6.78. The number of nitrogens with zero attached hydrogens (tertiary/aromatic N) is 6. The van der Waals surface area contributed by atoms with Crippen molar-refractivity contribution >= 4 is 29.3 Å². The number of likely N-dealkylation sites (tertiary alicyclic amines) is 1. The maximum absolute atomic E-state index is 15.1. The molecule has 0 spiro atoms. The number of halogens is 2. The average molecular weight is 552 g/mol. The maximum Gasteiger partial charge on any atom is 0.167 e. The molecule has 0 amide bonds. The number of hydrogen-bond acceptors (Lipinski definition) is 7. The Labute approximate surface area is 234 Å². The molecule has 2 aromatic heterocycles. The van der Waals surface area contributed by atoms with Crippen molar-refractivity contribution in [3.8, 4) is 0 Å². The molecular formula is C30H39F2N7O. The lowest BCUT2D eigenvalue weighted by Gasteiger charge is -2.35. The third kappa shape index (κ3) is 6.45. The Bertz CT molecular complexity index is 1370. The number of aliphatic hydroxyl groups excluding tert-OH is 1. The van der Waals surface area contributed by atoms with E-state index in [9.17, 15) is 5.11 Å². The van der Waals surface area contributed by atoms with E-state index in [1.54, 1.807) is 12.3 Å². The monoisotopic (exact) mass is 551 g/mol. The molecule has 0 aliphatic carbocycles. The molecule has 0 radical (unpaired) electrons. The van der Waals surface area contributed by atoms with Crippen LogP contribution >= 0.6 is 0 Å². The summed E-state index contributed by atoms with van der Waals surface area (Å²) in [6.45, 7) is 14.5. The van der Waals surface area contributed by atoms with Crippen LogP contribution in [0.5, 0.6) is 0 Å². The lowest BCUT2D eigenvalue weighted by molar-refractivity contribution is 0.143. The fourth-order valence-electron chi connectivity index (χ4n) is 5.63. The minimum atomic E-state index is -0.730. The summed E-state index contributed by atoms with van der Waals surface area (Å²) in [5, 5.41) is 13.2. The Morgan fingerprint density at radius 1 is 1.27 bits per heavy atom. The Balaban J connectivity index is 1.53. The van der Waals surface area contributed by atoms with Crippen LogP contribution < -0.4 is 5.32 Å². The smallest absolute Gasteiger partial charge is 0.167 e. The molecule has 3 heterocycles. The van der Waals surface area contributed by atoms with E-state index in [-0.39, 0.29) is 42.0 Å². The van der Waals surface area contributed by atoms with Gasteiger partial charge < -0.3 is 19.9 Å². The highest BCUT2D eigenvalue weighted by atomic mass is 19.1. The first-order valence-corrected chi connectivity index (χ1v) is 13.8. The Hall–Kier alpha value is -3.50. The predicted octanol–water partition coefficient (Wildman–Crippen LogP) is 5.64. The van der Waals surface area contributed by atoms with Crippen molar-refractivity contribution in [3.63, 3.8) is 0 Å². The summed E-state index contributed by atoms with van der Waals surface area (Å²) >= 11 is 0. The van der Waals surface area contributed by atoms with Crippen molar-refractivity contribution in [2.24, 2.45) is 15.9 Å². The standard InChI is InChI=1S/C30H39F2N7O/c1-6-38-11-9-21(10-12-38)24(17-40)22-7-8-28(34-15-22)35-18-36-29(26(32)16-33-5)23-13-25(31)30-27(14-23)39(19(2)3)20(4)37-30/h7-8,13-16,19,21,24,40H,5-6,9-12,17-18H2,1-4H3,(H,34,35)/b26-16+,36-29-. The third-order valence-corrected chi connectivity index (χ3v) is 7.70. The fourth-order valence-corrected chi connectivity index (χ4v) is 5.63. The van der Waals surface area contributed by atoms with Gasteiger partial charge in [0.2, 0.25) is 0 Å². The number of benzene rings is 1. The summed E-state index contributed by atoms with van der Waals surface area (Å²) in [4.78, 5) is 19.2. The van der Waals surface area contributed by atoms with E-state index in [2.05, 4.69) is 43.8 Å². The lowest BCUT2D eigenvalue weighted by Crippen LogP contribution is -2.36. The fraction of sp³-hybridized carbons (Fsp3) is 0.467. The van der Waals surface area contributed by atoms with Gasteiger partial charge in [-0.2, -0.15) is 0 Å². The van der Waals surface area contributed by atoms with Gasteiger partial charge in [0.15, 0.2) is 11.6 Å². The van der Waals surface area contributed by atoms with Crippen molar-refractivity contribution in [2.45, 2.75) is 52.5 Å². The van der Waals surface area contributed by atoms with Crippen LogP contribution in [-0.4, -0.2) is 69.9 Å². The summed E-state index contributed by atoms with van der Waals surface area (Å²) in [5.41, 5.74) is 2.03. The van der Waals surface area contributed by atoms with Crippen LogP contribution in [0.1, 0.15) is 62.5 Å². The van der Waals surface area contributed by atoms with E-state index in [1.165, 1.54) is 6.07 Å². The average Bonchev–Trinajstić information content (AvgIpc) is 3.29. The van der Waals surface area contributed by atoms with E-state index in [0.717, 1.165) is 44.2 Å². The number of aromatic nitrogens is 3. The number of allylic oxidation sites excluding steroid dienone is 1. The molecule has 1 unspecified atom stereocenters. The van der Waals surface area contributed by atoms with E-state index in [1.807, 2.05) is 37.5 Å². The number of imidazole rings is 1. The second kappa shape index (κ2) is 13.2. The molecule has 4 rings (SSSR count). The Morgan fingerprint density at radius 2 is 2.02 bits per heavy atom. The molecule has 3 aromatic rings. The molecule has 0 saturated carbocycles. The molecule has 1 aliphatic heterocycles. The largest absolute Gasteiger partial charge is 0.396 e. The summed E-state index contributed by atoms with van der Waals surface area (Å²) < 4.78 is 32.0. The first-order valence-electron chi connectivity index (χ1n) is 13.8. The van der Waals surface area contributed by atoms with Gasteiger partial charge in [-0.25, -0.2) is 18.7 Å². The van der Waals surface area contributed by atoms with Gasteiger partial charge in [-0.1, -0.05) is 13.0 Å². The van der Waals surface area contributed by atoms with Crippen LogP contribution in [-0.2, 0) is 0 Å². The highest BCUT2D eigenvalue weighted by molar-refractivity contribution is 6.12. The van der Waals surface area contributed by atoms with Crippen LogP contribution in [0.2, 0.25) is 0 Å². The van der Waals surface area contributed by atoms with E-state index >= 15 is 8.78 Å². The number of hydrogen-bond donors (Lipinski definition) is 2. The molecule has 1 aliphatic rings. The van der Waals surface area contributed by atoms with Crippen LogP contribution in [0.15, 0.2) is 52.5 Å². The number of aryl methyl sites for hydroxylation is 1. The number of rotatable bonds is 11. The van der Waals surface area contributed by atoms with Gasteiger partial charge in [0, 0.05) is 23.7 Å². The second-order valence-electron chi connectivity index (χ2n) is 10.5. The van der Waals surface area contributed by atoms with E-state index < -0.39 is 11.6 Å². The molecule has 0 bridgehead atoms. The minimum Gasteiger partial charge on any atom is -0.396 e. The van der Waals surface area contributed by atoms with E-state index in [4.69, 9.17) is 0 Å². The lowest BCUT2D eigenvalue weighted by atomic mass is 9.81. The van der Waals surface area contributed by atoms with Gasteiger partial charge in [-0.15, -0.1) is 0 Å². The van der Waals surface area contributed by atoms with Crippen molar-refractivity contribution < 1.29 is 13.9 Å². The Morgan fingerprint density at radius 3 is 2.62 bits per heavy atom.